The summed E-state index contributed by atoms with van der Waals surface area (Å²) in [4.78, 5) is 12.8. The van der Waals surface area contributed by atoms with Crippen molar-refractivity contribution >= 4 is 43.1 Å². The fraction of sp³-hybridized carbons (Fsp3) is 0.452. The highest BCUT2D eigenvalue weighted by Gasteiger charge is 2.49. The number of alkyl halides is 1. The number of aliphatic hydroxyl groups is 1. The van der Waals surface area contributed by atoms with E-state index in [2.05, 4.69) is 14.9 Å². The Morgan fingerprint density at radius 1 is 1.18 bits per heavy atom. The molecule has 0 radical (unpaired) electrons. The second-order valence-electron chi connectivity index (χ2n) is 12.4. The molecule has 3 N–H and O–H groups in total. The second kappa shape index (κ2) is 10.4. The van der Waals surface area contributed by atoms with E-state index in [0.29, 0.717) is 32.4 Å². The number of halogens is 4. The van der Waals surface area contributed by atoms with Crippen LogP contribution in [0.5, 0.6) is 6.01 Å². The van der Waals surface area contributed by atoms with Gasteiger partial charge in [-0.2, -0.15) is 15.2 Å². The highest BCUT2D eigenvalue weighted by atomic mass is 32.1. The number of anilines is 2. The zero-order valence-corrected chi connectivity index (χ0v) is 24.8. The molecule has 5 heterocycles. The van der Waals surface area contributed by atoms with E-state index in [9.17, 15) is 19.1 Å². The summed E-state index contributed by atoms with van der Waals surface area (Å²) in [6, 6.07) is 5.21. The minimum absolute atomic E-state index is 0.0153. The van der Waals surface area contributed by atoms with E-state index in [-0.39, 0.29) is 62.1 Å². The van der Waals surface area contributed by atoms with Crippen LogP contribution in [-0.2, 0) is 0 Å². The van der Waals surface area contributed by atoms with Crippen LogP contribution in [0, 0.1) is 28.8 Å². The highest BCUT2D eigenvalue weighted by molar-refractivity contribution is 7.23. The van der Waals surface area contributed by atoms with Gasteiger partial charge in [-0.15, -0.1) is 11.3 Å². The average Bonchev–Trinajstić information content (AvgIpc) is 3.62. The summed E-state index contributed by atoms with van der Waals surface area (Å²) in [5.74, 6) is -2.46. The number of ether oxygens (including phenoxy) is 1. The van der Waals surface area contributed by atoms with Crippen molar-refractivity contribution in [2.75, 3.05) is 43.4 Å². The molecule has 0 spiro atoms. The number of hydrogen-bond acceptors (Lipinski definition) is 9. The van der Waals surface area contributed by atoms with E-state index in [0.717, 1.165) is 42.9 Å². The Labute approximate surface area is 254 Å². The predicted octanol–water partition coefficient (Wildman–Crippen LogP) is 5.69. The molecule has 8 nitrogen and oxygen atoms in total. The van der Waals surface area contributed by atoms with Crippen molar-refractivity contribution in [2.45, 2.75) is 56.3 Å². The molecule has 3 saturated heterocycles. The van der Waals surface area contributed by atoms with Gasteiger partial charge in [0.25, 0.3) is 0 Å². The average molecular weight is 627 g/mol. The largest absolute Gasteiger partial charge is 0.461 e. The number of piperidine rings is 1. The summed E-state index contributed by atoms with van der Waals surface area (Å²) >= 11 is 0.832. The Balaban J connectivity index is 1.40. The first-order chi connectivity index (χ1) is 21.0. The third kappa shape index (κ3) is 4.62. The molecule has 0 aliphatic carbocycles. The molecule has 2 aromatic carbocycles. The second-order valence-corrected chi connectivity index (χ2v) is 13.5. The quantitative estimate of drug-likeness (QED) is 0.272. The number of nitriles is 1. The van der Waals surface area contributed by atoms with Crippen LogP contribution in [0.2, 0.25) is 0 Å². The van der Waals surface area contributed by atoms with Gasteiger partial charge < -0.3 is 20.5 Å². The third-order valence-electron chi connectivity index (χ3n) is 9.25. The van der Waals surface area contributed by atoms with Crippen molar-refractivity contribution in [3.63, 3.8) is 0 Å². The topological polar surface area (TPSA) is 112 Å². The number of thiophene rings is 1. The summed E-state index contributed by atoms with van der Waals surface area (Å²) in [7, 11) is 0. The van der Waals surface area contributed by atoms with Crippen molar-refractivity contribution in [3.8, 4) is 23.2 Å². The van der Waals surface area contributed by atoms with E-state index >= 15 is 8.78 Å². The first kappa shape index (κ1) is 29.0. The van der Waals surface area contributed by atoms with E-state index in [1.54, 1.807) is 11.8 Å². The summed E-state index contributed by atoms with van der Waals surface area (Å²) in [6.45, 7) is 3.54. The lowest BCUT2D eigenvalue weighted by Crippen LogP contribution is -2.46. The lowest BCUT2D eigenvalue weighted by Gasteiger charge is -2.38. The predicted molar refractivity (Wildman–Crippen MR) is 160 cm³/mol. The van der Waals surface area contributed by atoms with Crippen LogP contribution in [-0.4, -0.2) is 70.1 Å². The molecule has 2 aromatic heterocycles. The molecule has 0 saturated carbocycles. The maximum atomic E-state index is 16.7. The van der Waals surface area contributed by atoms with Gasteiger partial charge >= 0.3 is 6.01 Å². The van der Waals surface area contributed by atoms with Gasteiger partial charge in [-0.3, -0.25) is 4.90 Å². The smallest absolute Gasteiger partial charge is 0.319 e. The maximum Gasteiger partial charge on any atom is 0.319 e. The summed E-state index contributed by atoms with van der Waals surface area (Å²) < 4.78 is 67.9. The SMILES string of the molecule is C[C@@]1(O)CCCN(c2nc(OC[C@@]34CCCN3C[C@H](F)C4)nc3c(F)c(-c4ccc(F)c5sc(N)c(C#N)c45)c(F)cc23)C1. The van der Waals surface area contributed by atoms with Crippen LogP contribution in [0.15, 0.2) is 18.2 Å². The standard InChI is InChI=1S/C31H30F4N6O2S/c1-30(42)6-2-8-40(14-30)28-18-10-21(34)23(17-4-5-20(33)26-22(17)19(12-36)27(37)44-26)24(35)25(18)38-29(39-28)43-15-31-7-3-9-41(31)13-16(32)11-31/h4-5,10,16,42H,2-3,6-9,11,13-15,37H2,1H3/t16-,30-,31+/m1/s1. The van der Waals surface area contributed by atoms with Gasteiger partial charge in [-0.25, -0.2) is 17.6 Å². The van der Waals surface area contributed by atoms with Gasteiger partial charge in [-0.1, -0.05) is 6.07 Å². The molecule has 4 aromatic rings. The molecule has 3 aliphatic heterocycles. The van der Waals surface area contributed by atoms with Crippen molar-refractivity contribution in [1.29, 1.82) is 5.26 Å². The van der Waals surface area contributed by atoms with E-state index in [1.165, 1.54) is 6.07 Å². The van der Waals surface area contributed by atoms with Crippen molar-refractivity contribution in [1.82, 2.24) is 14.9 Å². The Bertz CT molecular complexity index is 1860. The molecule has 0 bridgehead atoms. The zero-order chi connectivity index (χ0) is 31.0. The number of fused-ring (bicyclic) bond motifs is 3. The number of nitrogens with zero attached hydrogens (tertiary/aromatic N) is 5. The molecule has 3 atom stereocenters. The van der Waals surface area contributed by atoms with Gasteiger partial charge in [0.1, 0.15) is 46.8 Å². The molecular weight excluding hydrogens is 596 g/mol. The first-order valence-electron chi connectivity index (χ1n) is 14.6. The number of hydrogen-bond donors (Lipinski definition) is 2. The van der Waals surface area contributed by atoms with Gasteiger partial charge in [0.05, 0.1) is 27.0 Å². The molecule has 7 rings (SSSR count). The van der Waals surface area contributed by atoms with E-state index in [4.69, 9.17) is 10.5 Å². The Morgan fingerprint density at radius 3 is 2.75 bits per heavy atom. The van der Waals surface area contributed by atoms with Crippen molar-refractivity contribution in [3.05, 3.63) is 41.2 Å². The van der Waals surface area contributed by atoms with Crippen molar-refractivity contribution < 1.29 is 27.4 Å². The number of nitrogen functional groups attached to an aromatic ring is 1. The van der Waals surface area contributed by atoms with Crippen LogP contribution in [0.25, 0.3) is 32.1 Å². The fourth-order valence-electron chi connectivity index (χ4n) is 7.27. The van der Waals surface area contributed by atoms with Gasteiger partial charge in [-0.05, 0) is 56.8 Å². The minimum Gasteiger partial charge on any atom is -0.461 e. The van der Waals surface area contributed by atoms with Crippen LogP contribution >= 0.6 is 11.3 Å². The lowest BCUT2D eigenvalue weighted by atomic mass is 9.94. The van der Waals surface area contributed by atoms with Gasteiger partial charge in [0.15, 0.2) is 5.82 Å². The number of nitrogens with two attached hydrogens (primary N) is 1. The maximum absolute atomic E-state index is 16.7. The fourth-order valence-corrected chi connectivity index (χ4v) is 8.22. The molecule has 0 amide bonds. The molecule has 44 heavy (non-hydrogen) atoms. The summed E-state index contributed by atoms with van der Waals surface area (Å²) in [5.41, 5.74) is 3.58. The molecule has 3 aliphatic rings. The Hall–Kier alpha value is -3.73. The van der Waals surface area contributed by atoms with Crippen LogP contribution in [0.3, 0.4) is 0 Å². The highest BCUT2D eigenvalue weighted by Crippen LogP contribution is 2.45. The van der Waals surface area contributed by atoms with Gasteiger partial charge in [0, 0.05) is 36.8 Å². The molecule has 230 valence electrons. The van der Waals surface area contributed by atoms with Crippen molar-refractivity contribution in [2.24, 2.45) is 0 Å². The first-order valence-corrected chi connectivity index (χ1v) is 15.4. The molecule has 3 fully saturated rings. The van der Waals surface area contributed by atoms with E-state index < -0.39 is 40.3 Å². The van der Waals surface area contributed by atoms with Crippen LogP contribution in [0.1, 0.15) is 44.6 Å². The molecular formula is C31H30F4N6O2S. The zero-order valence-electron chi connectivity index (χ0n) is 24.0. The Kier molecular flexibility index (Phi) is 6.87. The minimum atomic E-state index is -1.05. The summed E-state index contributed by atoms with van der Waals surface area (Å²) in [5, 5.41) is 20.7. The summed E-state index contributed by atoms with van der Waals surface area (Å²) in [6.07, 6.45) is 2.18. The lowest BCUT2D eigenvalue weighted by molar-refractivity contribution is 0.0447. The number of rotatable bonds is 5. The molecule has 0 unspecified atom stereocenters. The number of β-amino-alcohol motifs (C(OH)–C–C–N with tert-alkyl or cyclic N) is 1. The Morgan fingerprint density at radius 2 is 1.98 bits per heavy atom. The third-order valence-corrected chi connectivity index (χ3v) is 10.3. The monoisotopic (exact) mass is 626 g/mol. The van der Waals surface area contributed by atoms with E-state index in [1.807, 2.05) is 6.07 Å². The number of aromatic nitrogens is 2. The van der Waals surface area contributed by atoms with Gasteiger partial charge in [0.2, 0.25) is 0 Å². The van der Waals surface area contributed by atoms with Crippen LogP contribution < -0.4 is 15.4 Å². The van der Waals surface area contributed by atoms with Crippen LogP contribution in [0.4, 0.5) is 28.4 Å². The number of benzene rings is 2. The normalized spacial score (nSPS) is 25.6. The molecule has 13 heteroatoms.